The number of nitrogens with zero attached hydrogens (tertiary/aromatic N) is 2. The lowest BCUT2D eigenvalue weighted by atomic mass is 10.3. The minimum Gasteiger partial charge on any atom is -0.487 e. The summed E-state index contributed by atoms with van der Waals surface area (Å²) in [5.74, 6) is 1.12. The number of ether oxygens (including phenoxy) is 10. The molecule has 44 heavy (non-hydrogen) atoms. The summed E-state index contributed by atoms with van der Waals surface area (Å²) in [6.07, 6.45) is 0. The molecule has 0 fully saturated rings. The SMILES string of the molecule is O=[N+]([O-])c1ccc2c(c1)OCCOCCOCCOc1cc([N+](=O)[O-])ccc1OCCOCCOCCOCCOCCO2. The number of hydrogen-bond donors (Lipinski definition) is 0. The second-order valence-corrected chi connectivity index (χ2v) is 8.84. The lowest BCUT2D eigenvalue weighted by Crippen LogP contribution is -2.15. The van der Waals surface area contributed by atoms with Crippen molar-refractivity contribution >= 4 is 11.4 Å². The summed E-state index contributed by atoms with van der Waals surface area (Å²) in [5, 5.41) is 22.4. The molecule has 0 saturated heterocycles. The van der Waals surface area contributed by atoms with Crippen molar-refractivity contribution in [3.63, 3.8) is 0 Å². The van der Waals surface area contributed by atoms with Crippen molar-refractivity contribution in [2.75, 3.05) is 106 Å². The van der Waals surface area contributed by atoms with Crippen LogP contribution in [-0.2, 0) is 28.4 Å². The van der Waals surface area contributed by atoms with Crippen molar-refractivity contribution in [2.24, 2.45) is 0 Å². The smallest absolute Gasteiger partial charge is 0.273 e. The molecular formula is C28H38N2O14. The van der Waals surface area contributed by atoms with Gasteiger partial charge in [0.1, 0.15) is 26.4 Å². The Morgan fingerprint density at radius 1 is 0.386 bits per heavy atom. The summed E-state index contributed by atoms with van der Waals surface area (Å²) < 4.78 is 55.7. The fourth-order valence-corrected chi connectivity index (χ4v) is 3.61. The Hall–Kier alpha value is -3.80. The maximum atomic E-state index is 11.2. The Labute approximate surface area is 254 Å². The first-order valence-electron chi connectivity index (χ1n) is 14.1. The first-order chi connectivity index (χ1) is 21.5. The van der Waals surface area contributed by atoms with Crippen LogP contribution in [0.25, 0.3) is 0 Å². The van der Waals surface area contributed by atoms with E-state index in [1.165, 1.54) is 36.4 Å². The summed E-state index contributed by atoms with van der Waals surface area (Å²) in [7, 11) is 0. The summed E-state index contributed by atoms with van der Waals surface area (Å²) >= 11 is 0. The average molecular weight is 627 g/mol. The van der Waals surface area contributed by atoms with Gasteiger partial charge in [0.15, 0.2) is 23.0 Å². The highest BCUT2D eigenvalue weighted by atomic mass is 16.6. The molecule has 0 unspecified atom stereocenters. The average Bonchev–Trinajstić information content (AvgIpc) is 3.01. The molecule has 1 heterocycles. The zero-order valence-corrected chi connectivity index (χ0v) is 24.4. The van der Waals surface area contributed by atoms with E-state index in [1.807, 2.05) is 0 Å². The van der Waals surface area contributed by atoms with Crippen molar-refractivity contribution in [2.45, 2.75) is 0 Å². The van der Waals surface area contributed by atoms with Crippen molar-refractivity contribution in [1.29, 1.82) is 0 Å². The van der Waals surface area contributed by atoms with Gasteiger partial charge in [-0.3, -0.25) is 20.2 Å². The van der Waals surface area contributed by atoms with Crippen LogP contribution < -0.4 is 18.9 Å². The van der Waals surface area contributed by atoms with E-state index >= 15 is 0 Å². The summed E-state index contributed by atoms with van der Waals surface area (Å²) in [6.45, 7) is 4.44. The maximum Gasteiger partial charge on any atom is 0.273 e. The number of nitro benzene ring substituents is 2. The third kappa shape index (κ3) is 13.7. The molecule has 0 atom stereocenters. The molecule has 0 aliphatic carbocycles. The van der Waals surface area contributed by atoms with Gasteiger partial charge in [-0.1, -0.05) is 0 Å². The molecule has 244 valence electrons. The second-order valence-electron chi connectivity index (χ2n) is 8.84. The molecule has 16 heteroatoms. The van der Waals surface area contributed by atoms with Crippen LogP contribution in [0.5, 0.6) is 23.0 Å². The van der Waals surface area contributed by atoms with E-state index in [0.29, 0.717) is 51.1 Å². The molecule has 3 rings (SSSR count). The van der Waals surface area contributed by atoms with Gasteiger partial charge in [-0.05, 0) is 12.1 Å². The highest BCUT2D eigenvalue weighted by molar-refractivity contribution is 5.49. The fourth-order valence-electron chi connectivity index (χ4n) is 3.61. The van der Waals surface area contributed by atoms with E-state index in [0.717, 1.165) is 0 Å². The van der Waals surface area contributed by atoms with Crippen LogP contribution in [0.2, 0.25) is 0 Å². The summed E-state index contributed by atoms with van der Waals surface area (Å²) in [5.41, 5.74) is -0.260. The topological polar surface area (TPSA) is 179 Å². The normalized spacial score (nSPS) is 18.0. The number of benzene rings is 2. The number of rotatable bonds is 2. The van der Waals surface area contributed by atoms with Gasteiger partial charge in [-0.25, -0.2) is 0 Å². The van der Waals surface area contributed by atoms with Gasteiger partial charge >= 0.3 is 0 Å². The Morgan fingerprint density at radius 2 is 0.636 bits per heavy atom. The van der Waals surface area contributed by atoms with E-state index in [4.69, 9.17) is 47.4 Å². The van der Waals surface area contributed by atoms with E-state index in [1.54, 1.807) is 0 Å². The predicted octanol–water partition coefficient (Wildman–Crippen LogP) is 2.83. The zero-order chi connectivity index (χ0) is 31.2. The van der Waals surface area contributed by atoms with Crippen LogP contribution in [0.1, 0.15) is 0 Å². The maximum absolute atomic E-state index is 11.2. The third-order valence-corrected chi connectivity index (χ3v) is 5.71. The minimum absolute atomic E-state index is 0.124. The van der Waals surface area contributed by atoms with Crippen molar-refractivity contribution in [3.8, 4) is 23.0 Å². The molecule has 1 aliphatic rings. The number of hydrogen-bond acceptors (Lipinski definition) is 14. The van der Waals surface area contributed by atoms with Gasteiger partial charge < -0.3 is 47.4 Å². The van der Waals surface area contributed by atoms with Crippen LogP contribution in [0, 0.1) is 20.2 Å². The molecule has 0 aromatic heterocycles. The van der Waals surface area contributed by atoms with Crippen molar-refractivity contribution in [3.05, 3.63) is 56.6 Å². The molecule has 0 radical (unpaired) electrons. The Kier molecular flexibility index (Phi) is 16.5. The lowest BCUT2D eigenvalue weighted by molar-refractivity contribution is -0.385. The highest BCUT2D eigenvalue weighted by Gasteiger charge is 2.15. The van der Waals surface area contributed by atoms with E-state index < -0.39 is 9.85 Å². The van der Waals surface area contributed by atoms with E-state index in [2.05, 4.69) is 0 Å². The molecular weight excluding hydrogens is 588 g/mol. The van der Waals surface area contributed by atoms with Gasteiger partial charge in [0.05, 0.1) is 101 Å². The van der Waals surface area contributed by atoms with Gasteiger partial charge in [0.2, 0.25) is 0 Å². The second kappa shape index (κ2) is 21.0. The van der Waals surface area contributed by atoms with Crippen LogP contribution in [0.4, 0.5) is 11.4 Å². The summed E-state index contributed by atoms with van der Waals surface area (Å²) in [4.78, 5) is 21.4. The largest absolute Gasteiger partial charge is 0.487 e. The minimum atomic E-state index is -0.516. The lowest BCUT2D eigenvalue weighted by Gasteiger charge is -2.14. The van der Waals surface area contributed by atoms with Gasteiger partial charge in [0.25, 0.3) is 11.4 Å². The molecule has 0 saturated carbocycles. The first kappa shape index (κ1) is 34.7. The van der Waals surface area contributed by atoms with Crippen LogP contribution >= 0.6 is 0 Å². The fraction of sp³-hybridized carbons (Fsp3) is 0.571. The molecule has 0 amide bonds. The Bertz CT molecular complexity index is 1050. The highest BCUT2D eigenvalue weighted by Crippen LogP contribution is 2.32. The molecule has 0 spiro atoms. The van der Waals surface area contributed by atoms with E-state index in [9.17, 15) is 20.2 Å². The molecule has 16 nitrogen and oxygen atoms in total. The standard InChI is InChI=1S/C28H38N2O14/c31-29(32)23-1-3-25-27(21-23)43-19-15-39-11-12-40-16-20-44-28-22-24(30(33)34)2-4-26(28)42-18-14-38-10-8-36-6-5-35-7-9-37-13-17-41-25/h1-4,21-22H,5-20H2. The van der Waals surface area contributed by atoms with Crippen LogP contribution in [0.15, 0.2) is 36.4 Å². The van der Waals surface area contributed by atoms with E-state index in [-0.39, 0.29) is 88.9 Å². The van der Waals surface area contributed by atoms with Crippen molar-refractivity contribution < 1.29 is 57.2 Å². The van der Waals surface area contributed by atoms with Crippen LogP contribution in [-0.4, -0.2) is 116 Å². The third-order valence-electron chi connectivity index (χ3n) is 5.71. The zero-order valence-electron chi connectivity index (χ0n) is 24.4. The Morgan fingerprint density at radius 3 is 0.909 bits per heavy atom. The van der Waals surface area contributed by atoms with Crippen LogP contribution in [0.3, 0.4) is 0 Å². The van der Waals surface area contributed by atoms with Gasteiger partial charge in [-0.15, -0.1) is 0 Å². The monoisotopic (exact) mass is 626 g/mol. The first-order valence-corrected chi connectivity index (χ1v) is 14.1. The van der Waals surface area contributed by atoms with Crippen molar-refractivity contribution in [1.82, 2.24) is 0 Å². The predicted molar refractivity (Wildman–Crippen MR) is 153 cm³/mol. The molecule has 2 aromatic rings. The molecule has 0 N–H and O–H groups in total. The molecule has 0 bridgehead atoms. The van der Waals surface area contributed by atoms with Gasteiger partial charge in [0, 0.05) is 12.1 Å². The molecule has 1 aliphatic heterocycles. The summed E-state index contributed by atoms with van der Waals surface area (Å²) in [6, 6.07) is 8.21. The molecule has 2 aromatic carbocycles. The Balaban J connectivity index is 1.49. The number of non-ortho nitro benzene ring substituents is 2. The van der Waals surface area contributed by atoms with Gasteiger partial charge in [-0.2, -0.15) is 0 Å². The quantitative estimate of drug-likeness (QED) is 0.351. The number of nitro groups is 2. The number of fused-ring (bicyclic) bond motifs is 2.